The summed E-state index contributed by atoms with van der Waals surface area (Å²) in [5.74, 6) is -0.924. The molecule has 1 atom stereocenters. The number of halogens is 3. The molecule has 5 nitrogen and oxygen atoms in total. The maximum Gasteiger partial charge on any atom is 0.397 e. The summed E-state index contributed by atoms with van der Waals surface area (Å²) < 4.78 is 41.7. The molecule has 1 aromatic heterocycles. The van der Waals surface area contributed by atoms with Gasteiger partial charge in [-0.3, -0.25) is 4.79 Å². The molecule has 1 fully saturated rings. The van der Waals surface area contributed by atoms with Crippen LogP contribution in [0.25, 0.3) is 0 Å². The second kappa shape index (κ2) is 5.41. The number of ether oxygens (including phenoxy) is 1. The zero-order valence-corrected chi connectivity index (χ0v) is 9.93. The fraction of sp³-hybridized carbons (Fsp3) is 0.545. The lowest BCUT2D eigenvalue weighted by atomic mass is 10.3. The summed E-state index contributed by atoms with van der Waals surface area (Å²) >= 11 is 0. The Hall–Kier alpha value is -1.86. The van der Waals surface area contributed by atoms with Gasteiger partial charge < -0.3 is 9.64 Å². The first-order chi connectivity index (χ1) is 8.94. The summed E-state index contributed by atoms with van der Waals surface area (Å²) in [5.41, 5.74) is 0. The van der Waals surface area contributed by atoms with E-state index < -0.39 is 18.5 Å². The molecule has 1 aliphatic heterocycles. The fourth-order valence-electron chi connectivity index (χ4n) is 1.83. The number of alkyl halides is 3. The van der Waals surface area contributed by atoms with Gasteiger partial charge in [0, 0.05) is 25.4 Å². The van der Waals surface area contributed by atoms with Gasteiger partial charge in [0.25, 0.3) is 0 Å². The molecule has 1 aromatic rings. The minimum atomic E-state index is -4.47. The molecule has 1 unspecified atom stereocenters. The first-order valence-electron chi connectivity index (χ1n) is 5.72. The predicted octanol–water partition coefficient (Wildman–Crippen LogP) is 1.41. The quantitative estimate of drug-likeness (QED) is 0.837. The molecule has 8 heteroatoms. The number of likely N-dealkylation sites (tertiary alicyclic amines) is 1. The number of hydrogen-bond acceptors (Lipinski definition) is 4. The summed E-state index contributed by atoms with van der Waals surface area (Å²) in [6.07, 6.45) is -2.78. The lowest BCUT2D eigenvalue weighted by Crippen LogP contribution is -2.34. The van der Waals surface area contributed by atoms with Crippen molar-refractivity contribution in [1.29, 1.82) is 0 Å². The second-order valence-electron chi connectivity index (χ2n) is 4.19. The van der Waals surface area contributed by atoms with Crippen LogP contribution in [0.3, 0.4) is 0 Å². The van der Waals surface area contributed by atoms with Gasteiger partial charge in [0.1, 0.15) is 12.5 Å². The van der Waals surface area contributed by atoms with Crippen molar-refractivity contribution in [3.63, 3.8) is 0 Å². The van der Waals surface area contributed by atoms with Crippen LogP contribution >= 0.6 is 0 Å². The van der Waals surface area contributed by atoms with Crippen LogP contribution in [0, 0.1) is 0 Å². The smallest absolute Gasteiger partial charge is 0.397 e. The van der Waals surface area contributed by atoms with Crippen molar-refractivity contribution in [2.75, 3.05) is 13.1 Å². The Bertz CT molecular complexity index is 439. The molecule has 1 aliphatic rings. The average molecular weight is 275 g/mol. The van der Waals surface area contributed by atoms with Crippen LogP contribution < -0.4 is 4.74 Å². The highest BCUT2D eigenvalue weighted by Gasteiger charge is 2.36. The van der Waals surface area contributed by atoms with Crippen LogP contribution in [0.2, 0.25) is 0 Å². The molecule has 1 saturated heterocycles. The van der Waals surface area contributed by atoms with E-state index in [2.05, 4.69) is 9.97 Å². The molecule has 0 spiro atoms. The Morgan fingerprint density at radius 2 is 2.11 bits per heavy atom. The number of aromatic nitrogens is 2. The molecule has 0 aliphatic carbocycles. The molecule has 1 amide bonds. The van der Waals surface area contributed by atoms with Crippen molar-refractivity contribution < 1.29 is 22.7 Å². The van der Waals surface area contributed by atoms with Crippen LogP contribution in [0.5, 0.6) is 6.01 Å². The lowest BCUT2D eigenvalue weighted by Gasteiger charge is -2.17. The second-order valence-corrected chi connectivity index (χ2v) is 4.19. The molecule has 0 bridgehead atoms. The number of rotatable bonds is 3. The van der Waals surface area contributed by atoms with Gasteiger partial charge in [0.2, 0.25) is 5.91 Å². The first-order valence-corrected chi connectivity index (χ1v) is 5.72. The molecular formula is C11H12F3N3O2. The van der Waals surface area contributed by atoms with E-state index in [9.17, 15) is 18.0 Å². The van der Waals surface area contributed by atoms with E-state index in [1.165, 1.54) is 12.4 Å². The van der Waals surface area contributed by atoms with Crippen LogP contribution in [0.15, 0.2) is 18.5 Å². The van der Waals surface area contributed by atoms with Crippen molar-refractivity contribution in [2.24, 2.45) is 0 Å². The minimum absolute atomic E-state index is 0.132. The van der Waals surface area contributed by atoms with Gasteiger partial charge in [-0.15, -0.1) is 0 Å². The maximum atomic E-state index is 12.1. The number of hydrogen-bond donors (Lipinski definition) is 0. The highest BCUT2D eigenvalue weighted by molar-refractivity contribution is 5.77. The van der Waals surface area contributed by atoms with E-state index in [-0.39, 0.29) is 25.2 Å². The predicted molar refractivity (Wildman–Crippen MR) is 58.3 cm³/mol. The highest BCUT2D eigenvalue weighted by Crippen LogP contribution is 2.23. The van der Waals surface area contributed by atoms with Crippen molar-refractivity contribution >= 4 is 5.91 Å². The Morgan fingerprint density at radius 3 is 2.74 bits per heavy atom. The van der Waals surface area contributed by atoms with Crippen LogP contribution in [0.4, 0.5) is 13.2 Å². The Labute approximate surface area is 107 Å². The number of amides is 1. The third-order valence-electron chi connectivity index (χ3n) is 2.66. The third kappa shape index (κ3) is 4.08. The molecule has 0 N–H and O–H groups in total. The molecule has 0 radical (unpaired) electrons. The fourth-order valence-corrected chi connectivity index (χ4v) is 1.83. The standard InChI is InChI=1S/C11H12F3N3O2/c12-11(13,14)6-9(18)17-5-2-8(7-17)19-10-15-3-1-4-16-10/h1,3-4,8H,2,5-7H2. The van der Waals surface area contributed by atoms with Gasteiger partial charge in [0.15, 0.2) is 0 Å². The summed E-state index contributed by atoms with van der Waals surface area (Å²) in [5, 5.41) is 0. The zero-order valence-electron chi connectivity index (χ0n) is 9.93. The first kappa shape index (κ1) is 13.6. The summed E-state index contributed by atoms with van der Waals surface area (Å²) in [6.45, 7) is 0.388. The molecular weight excluding hydrogens is 263 g/mol. The van der Waals surface area contributed by atoms with E-state index in [0.717, 1.165) is 4.90 Å². The van der Waals surface area contributed by atoms with Crippen molar-refractivity contribution in [3.05, 3.63) is 18.5 Å². The molecule has 19 heavy (non-hydrogen) atoms. The van der Waals surface area contributed by atoms with Crippen LogP contribution in [0.1, 0.15) is 12.8 Å². The number of carbonyl (C=O) groups is 1. The minimum Gasteiger partial charge on any atom is -0.458 e. The van der Waals surface area contributed by atoms with E-state index in [1.807, 2.05) is 0 Å². The van der Waals surface area contributed by atoms with E-state index in [0.29, 0.717) is 6.42 Å². The molecule has 0 aromatic carbocycles. The van der Waals surface area contributed by atoms with Crippen LogP contribution in [-0.2, 0) is 4.79 Å². The van der Waals surface area contributed by atoms with Crippen molar-refractivity contribution in [3.8, 4) is 6.01 Å². The molecule has 2 heterocycles. The van der Waals surface area contributed by atoms with Gasteiger partial charge in [0.05, 0.1) is 6.54 Å². The maximum absolute atomic E-state index is 12.1. The average Bonchev–Trinajstić information content (AvgIpc) is 2.77. The van der Waals surface area contributed by atoms with Crippen LogP contribution in [-0.4, -0.2) is 46.1 Å². The number of nitrogens with zero attached hydrogens (tertiary/aromatic N) is 3. The largest absolute Gasteiger partial charge is 0.458 e. The Kier molecular flexibility index (Phi) is 3.87. The zero-order chi connectivity index (χ0) is 13.9. The monoisotopic (exact) mass is 275 g/mol. The van der Waals surface area contributed by atoms with Gasteiger partial charge in [-0.25, -0.2) is 9.97 Å². The normalized spacial score (nSPS) is 19.5. The Morgan fingerprint density at radius 1 is 1.42 bits per heavy atom. The summed E-state index contributed by atoms with van der Waals surface area (Å²) in [7, 11) is 0. The molecule has 104 valence electrons. The molecule has 0 saturated carbocycles. The van der Waals surface area contributed by atoms with Crippen molar-refractivity contribution in [2.45, 2.75) is 25.1 Å². The van der Waals surface area contributed by atoms with Gasteiger partial charge in [-0.1, -0.05) is 0 Å². The molecule has 2 rings (SSSR count). The van der Waals surface area contributed by atoms with Crippen molar-refractivity contribution in [1.82, 2.24) is 14.9 Å². The summed E-state index contributed by atoms with van der Waals surface area (Å²) in [6, 6.07) is 1.79. The topological polar surface area (TPSA) is 55.3 Å². The van der Waals surface area contributed by atoms with Gasteiger partial charge >= 0.3 is 12.2 Å². The Balaban J connectivity index is 1.85. The van der Waals surface area contributed by atoms with Gasteiger partial charge in [-0.2, -0.15) is 13.2 Å². The SMILES string of the molecule is O=C(CC(F)(F)F)N1CCC(Oc2ncccn2)C1. The highest BCUT2D eigenvalue weighted by atomic mass is 19.4. The lowest BCUT2D eigenvalue weighted by molar-refractivity contribution is -0.160. The number of carbonyl (C=O) groups excluding carboxylic acids is 1. The summed E-state index contributed by atoms with van der Waals surface area (Å²) in [4.78, 5) is 20.2. The van der Waals surface area contributed by atoms with E-state index in [4.69, 9.17) is 4.74 Å². The van der Waals surface area contributed by atoms with E-state index in [1.54, 1.807) is 6.07 Å². The van der Waals surface area contributed by atoms with Gasteiger partial charge in [-0.05, 0) is 6.07 Å². The third-order valence-corrected chi connectivity index (χ3v) is 2.66. The van der Waals surface area contributed by atoms with E-state index >= 15 is 0 Å².